The van der Waals surface area contributed by atoms with Gasteiger partial charge < -0.3 is 9.47 Å². The van der Waals surface area contributed by atoms with Crippen LogP contribution < -0.4 is 4.74 Å². The Labute approximate surface area is 117 Å². The van der Waals surface area contributed by atoms with Crippen LogP contribution in [0.1, 0.15) is 31.1 Å². The lowest BCUT2D eigenvalue weighted by atomic mass is 10.1. The minimum absolute atomic E-state index is 0.000554. The van der Waals surface area contributed by atoms with Crippen LogP contribution in [-0.2, 0) is 4.74 Å². The van der Waals surface area contributed by atoms with Crippen molar-refractivity contribution in [2.45, 2.75) is 20.8 Å². The van der Waals surface area contributed by atoms with Gasteiger partial charge in [0, 0.05) is 11.1 Å². The minimum Gasteiger partial charge on any atom is -0.490 e. The van der Waals surface area contributed by atoms with Crippen LogP contribution in [0.4, 0.5) is 0 Å². The monoisotopic (exact) mass is 314 g/mol. The van der Waals surface area contributed by atoms with E-state index in [0.717, 1.165) is 11.1 Å². The first-order valence-corrected chi connectivity index (χ1v) is 6.81. The van der Waals surface area contributed by atoms with Crippen molar-refractivity contribution < 1.29 is 14.3 Å². The van der Waals surface area contributed by atoms with Crippen molar-refractivity contribution in [2.75, 3.05) is 19.8 Å². The van der Waals surface area contributed by atoms with Crippen LogP contribution in [0.5, 0.6) is 5.75 Å². The number of benzene rings is 1. The van der Waals surface area contributed by atoms with E-state index in [1.165, 1.54) is 6.92 Å². The molecule has 18 heavy (non-hydrogen) atoms. The van der Waals surface area contributed by atoms with Gasteiger partial charge in [-0.05, 0) is 31.0 Å². The zero-order chi connectivity index (χ0) is 13.5. The van der Waals surface area contributed by atoms with Gasteiger partial charge in [0.15, 0.2) is 5.78 Å². The van der Waals surface area contributed by atoms with Gasteiger partial charge in [-0.3, -0.25) is 4.79 Å². The number of halogens is 1. The quantitative estimate of drug-likeness (QED) is 0.568. The van der Waals surface area contributed by atoms with Gasteiger partial charge in [0.2, 0.25) is 0 Å². The zero-order valence-corrected chi connectivity index (χ0v) is 12.6. The SMILES string of the molecule is CC(=O)c1ccc(Br)cc1OCCOCC(C)C. The molecule has 0 heterocycles. The lowest BCUT2D eigenvalue weighted by Gasteiger charge is -2.11. The van der Waals surface area contributed by atoms with Gasteiger partial charge >= 0.3 is 0 Å². The summed E-state index contributed by atoms with van der Waals surface area (Å²) in [5.74, 6) is 1.12. The second-order valence-electron chi connectivity index (χ2n) is 4.51. The fourth-order valence-electron chi connectivity index (χ4n) is 1.44. The second kappa shape index (κ2) is 7.54. The Morgan fingerprint density at radius 1 is 1.33 bits per heavy atom. The molecule has 0 saturated heterocycles. The molecule has 0 atom stereocenters. The molecule has 0 aliphatic rings. The number of hydrogen-bond donors (Lipinski definition) is 0. The molecular weight excluding hydrogens is 296 g/mol. The number of hydrogen-bond acceptors (Lipinski definition) is 3. The van der Waals surface area contributed by atoms with Crippen LogP contribution in [0, 0.1) is 5.92 Å². The smallest absolute Gasteiger partial charge is 0.163 e. The first kappa shape index (κ1) is 15.2. The first-order chi connectivity index (χ1) is 8.50. The maximum absolute atomic E-state index is 11.4. The highest BCUT2D eigenvalue weighted by molar-refractivity contribution is 9.10. The molecule has 0 N–H and O–H groups in total. The molecule has 0 aromatic heterocycles. The van der Waals surface area contributed by atoms with E-state index in [4.69, 9.17) is 9.47 Å². The molecule has 0 fully saturated rings. The third-order valence-electron chi connectivity index (χ3n) is 2.26. The molecule has 0 amide bonds. The summed E-state index contributed by atoms with van der Waals surface area (Å²) in [4.78, 5) is 11.4. The van der Waals surface area contributed by atoms with Crippen molar-refractivity contribution in [3.8, 4) is 5.75 Å². The maximum Gasteiger partial charge on any atom is 0.163 e. The molecule has 100 valence electrons. The minimum atomic E-state index is 0.000554. The Hall–Kier alpha value is -0.870. The van der Waals surface area contributed by atoms with Gasteiger partial charge in [-0.1, -0.05) is 29.8 Å². The summed E-state index contributed by atoms with van der Waals surface area (Å²) in [6.45, 7) is 7.43. The number of ether oxygens (including phenoxy) is 2. The summed E-state index contributed by atoms with van der Waals surface area (Å²) < 4.78 is 11.9. The van der Waals surface area contributed by atoms with Crippen molar-refractivity contribution >= 4 is 21.7 Å². The van der Waals surface area contributed by atoms with E-state index in [1.807, 2.05) is 6.07 Å². The average Bonchev–Trinajstić information content (AvgIpc) is 2.27. The molecule has 0 aliphatic heterocycles. The second-order valence-corrected chi connectivity index (χ2v) is 5.43. The number of carbonyl (C=O) groups is 1. The van der Waals surface area contributed by atoms with E-state index in [1.54, 1.807) is 12.1 Å². The zero-order valence-electron chi connectivity index (χ0n) is 11.0. The van der Waals surface area contributed by atoms with Gasteiger partial charge in [0.25, 0.3) is 0 Å². The van der Waals surface area contributed by atoms with Crippen molar-refractivity contribution in [2.24, 2.45) is 5.92 Å². The van der Waals surface area contributed by atoms with Crippen LogP contribution in [0.2, 0.25) is 0 Å². The summed E-state index contributed by atoms with van der Waals surface area (Å²) in [5, 5.41) is 0. The van der Waals surface area contributed by atoms with E-state index in [9.17, 15) is 4.79 Å². The third-order valence-corrected chi connectivity index (χ3v) is 2.75. The molecule has 3 nitrogen and oxygen atoms in total. The molecule has 0 radical (unpaired) electrons. The van der Waals surface area contributed by atoms with Crippen molar-refractivity contribution in [1.29, 1.82) is 0 Å². The van der Waals surface area contributed by atoms with Crippen LogP contribution in [0.15, 0.2) is 22.7 Å². The van der Waals surface area contributed by atoms with E-state index in [2.05, 4.69) is 29.8 Å². The summed E-state index contributed by atoms with van der Waals surface area (Å²) >= 11 is 3.36. The number of Topliss-reactive ketones (excluding diaryl/α,β-unsaturated/α-hetero) is 1. The predicted molar refractivity (Wildman–Crippen MR) is 75.3 cm³/mol. The summed E-state index contributed by atoms with van der Waals surface area (Å²) in [5.41, 5.74) is 0.599. The van der Waals surface area contributed by atoms with Crippen LogP contribution >= 0.6 is 15.9 Å². The Morgan fingerprint density at radius 2 is 2.06 bits per heavy atom. The lowest BCUT2D eigenvalue weighted by Crippen LogP contribution is -2.11. The molecule has 1 aromatic rings. The van der Waals surface area contributed by atoms with E-state index in [0.29, 0.717) is 30.4 Å². The number of carbonyl (C=O) groups excluding carboxylic acids is 1. The highest BCUT2D eigenvalue weighted by atomic mass is 79.9. The Bertz CT molecular complexity index is 402. The number of ketones is 1. The van der Waals surface area contributed by atoms with Crippen molar-refractivity contribution in [3.63, 3.8) is 0 Å². The molecule has 1 aromatic carbocycles. The molecular formula is C14H19BrO3. The summed E-state index contributed by atoms with van der Waals surface area (Å²) in [7, 11) is 0. The largest absolute Gasteiger partial charge is 0.490 e. The summed E-state index contributed by atoms with van der Waals surface area (Å²) in [6.07, 6.45) is 0. The third kappa shape index (κ3) is 5.19. The normalized spacial score (nSPS) is 10.7. The molecule has 0 aliphatic carbocycles. The topological polar surface area (TPSA) is 35.5 Å². The maximum atomic E-state index is 11.4. The van der Waals surface area contributed by atoms with Crippen LogP contribution in [0.3, 0.4) is 0 Å². The fourth-order valence-corrected chi connectivity index (χ4v) is 1.78. The van der Waals surface area contributed by atoms with Gasteiger partial charge in [-0.2, -0.15) is 0 Å². The highest BCUT2D eigenvalue weighted by Gasteiger charge is 2.08. The van der Waals surface area contributed by atoms with Crippen molar-refractivity contribution in [1.82, 2.24) is 0 Å². The highest BCUT2D eigenvalue weighted by Crippen LogP contribution is 2.24. The van der Waals surface area contributed by atoms with E-state index < -0.39 is 0 Å². The van der Waals surface area contributed by atoms with Gasteiger partial charge in [-0.25, -0.2) is 0 Å². The van der Waals surface area contributed by atoms with Crippen LogP contribution in [-0.4, -0.2) is 25.6 Å². The van der Waals surface area contributed by atoms with Gasteiger partial charge in [0.05, 0.1) is 12.2 Å². The van der Waals surface area contributed by atoms with Crippen LogP contribution in [0.25, 0.3) is 0 Å². The average molecular weight is 315 g/mol. The lowest BCUT2D eigenvalue weighted by molar-refractivity contribution is 0.0810. The van der Waals surface area contributed by atoms with E-state index in [-0.39, 0.29) is 5.78 Å². The van der Waals surface area contributed by atoms with Gasteiger partial charge in [-0.15, -0.1) is 0 Å². The molecule has 1 rings (SSSR count). The first-order valence-electron chi connectivity index (χ1n) is 6.01. The van der Waals surface area contributed by atoms with Gasteiger partial charge in [0.1, 0.15) is 12.4 Å². The molecule has 0 bridgehead atoms. The number of rotatable bonds is 7. The standard InChI is InChI=1S/C14H19BrO3/c1-10(2)9-17-6-7-18-14-8-12(15)4-5-13(14)11(3)16/h4-5,8,10H,6-7,9H2,1-3H3. The molecule has 0 saturated carbocycles. The fraction of sp³-hybridized carbons (Fsp3) is 0.500. The predicted octanol–water partition coefficient (Wildman–Crippen LogP) is 3.70. The Balaban J connectivity index is 2.50. The molecule has 0 spiro atoms. The molecule has 4 heteroatoms. The van der Waals surface area contributed by atoms with E-state index >= 15 is 0 Å². The Morgan fingerprint density at radius 3 is 2.67 bits per heavy atom. The Kier molecular flexibility index (Phi) is 6.36. The van der Waals surface area contributed by atoms with Crippen molar-refractivity contribution in [3.05, 3.63) is 28.2 Å². The molecule has 0 unspecified atom stereocenters. The summed E-state index contributed by atoms with van der Waals surface area (Å²) in [6, 6.07) is 5.40.